The number of amides is 3. The van der Waals surface area contributed by atoms with E-state index in [2.05, 4.69) is 5.32 Å². The van der Waals surface area contributed by atoms with E-state index in [4.69, 9.17) is 9.47 Å². The fourth-order valence-corrected chi connectivity index (χ4v) is 2.86. The van der Waals surface area contributed by atoms with Gasteiger partial charge < -0.3 is 14.8 Å². The van der Waals surface area contributed by atoms with Gasteiger partial charge in [0.25, 0.3) is 0 Å². The Hall–Kier alpha value is -2.98. The summed E-state index contributed by atoms with van der Waals surface area (Å²) in [4.78, 5) is 36.5. The lowest BCUT2D eigenvalue weighted by atomic mass is 10.1. The summed E-state index contributed by atoms with van der Waals surface area (Å²) in [5, 5.41) is 2.49. The summed E-state index contributed by atoms with van der Waals surface area (Å²) in [7, 11) is 0. The molecule has 0 spiro atoms. The van der Waals surface area contributed by atoms with Crippen LogP contribution in [0.1, 0.15) is 12.5 Å². The van der Waals surface area contributed by atoms with Crippen LogP contribution in [0, 0.1) is 0 Å². The van der Waals surface area contributed by atoms with Crippen LogP contribution in [0.4, 0.5) is 34.1 Å². The summed E-state index contributed by atoms with van der Waals surface area (Å²) < 4.78 is 50.3. The standard InChI is InChI=1S/C16H16F3N3O5/c1-9(23)20-7-11-8-22(15(25)27-11)10-2-3-13(12(6-10)16(17,18)19)21-4-5-26-14(21)24/h2-3,6,11H,4-5,7-8H2,1H3,(H,20,23)/t11-/m0/s1. The number of benzene rings is 1. The van der Waals surface area contributed by atoms with E-state index >= 15 is 0 Å². The van der Waals surface area contributed by atoms with E-state index in [0.29, 0.717) is 0 Å². The molecular formula is C16H16F3N3O5. The molecule has 27 heavy (non-hydrogen) atoms. The van der Waals surface area contributed by atoms with Crippen LogP contribution in [0.25, 0.3) is 0 Å². The van der Waals surface area contributed by atoms with Crippen molar-refractivity contribution in [2.45, 2.75) is 19.2 Å². The van der Waals surface area contributed by atoms with Gasteiger partial charge in [-0.05, 0) is 18.2 Å². The maximum Gasteiger partial charge on any atom is 0.418 e. The first kappa shape index (κ1) is 18.8. The highest BCUT2D eigenvalue weighted by Gasteiger charge is 2.40. The summed E-state index contributed by atoms with van der Waals surface area (Å²) in [6.07, 6.45) is -7.09. The Balaban J connectivity index is 1.87. The van der Waals surface area contributed by atoms with Gasteiger partial charge in [0, 0.05) is 12.6 Å². The van der Waals surface area contributed by atoms with Crippen molar-refractivity contribution in [1.82, 2.24) is 5.32 Å². The first-order chi connectivity index (χ1) is 12.7. The highest BCUT2D eigenvalue weighted by atomic mass is 19.4. The number of carbonyl (C=O) groups excluding carboxylic acids is 3. The Labute approximate surface area is 151 Å². The molecule has 2 aliphatic rings. The van der Waals surface area contributed by atoms with Crippen LogP contribution in [0.5, 0.6) is 0 Å². The predicted octanol–water partition coefficient (Wildman–Crippen LogP) is 2.12. The van der Waals surface area contributed by atoms with Crippen LogP contribution in [0.2, 0.25) is 0 Å². The molecule has 1 atom stereocenters. The van der Waals surface area contributed by atoms with Crippen molar-refractivity contribution >= 4 is 29.5 Å². The molecule has 2 heterocycles. The monoisotopic (exact) mass is 387 g/mol. The van der Waals surface area contributed by atoms with Crippen molar-refractivity contribution < 1.29 is 37.0 Å². The van der Waals surface area contributed by atoms with Gasteiger partial charge >= 0.3 is 18.4 Å². The predicted molar refractivity (Wildman–Crippen MR) is 86.4 cm³/mol. The third kappa shape index (κ3) is 3.91. The lowest BCUT2D eigenvalue weighted by Gasteiger charge is -2.22. The van der Waals surface area contributed by atoms with Crippen molar-refractivity contribution in [1.29, 1.82) is 0 Å². The Morgan fingerprint density at radius 1 is 1.26 bits per heavy atom. The Kier molecular flexibility index (Phi) is 4.85. The van der Waals surface area contributed by atoms with Gasteiger partial charge in [-0.3, -0.25) is 14.6 Å². The lowest BCUT2D eigenvalue weighted by Crippen LogP contribution is -2.33. The zero-order chi connectivity index (χ0) is 19.8. The minimum atomic E-state index is -4.74. The number of hydrogen-bond acceptors (Lipinski definition) is 5. The van der Waals surface area contributed by atoms with Gasteiger partial charge in [-0.1, -0.05) is 0 Å². The molecule has 1 aromatic carbocycles. The summed E-state index contributed by atoms with van der Waals surface area (Å²) in [5.41, 5.74) is -1.41. The lowest BCUT2D eigenvalue weighted by molar-refractivity contribution is -0.137. The van der Waals surface area contributed by atoms with Crippen LogP contribution in [-0.2, 0) is 20.4 Å². The first-order valence-corrected chi connectivity index (χ1v) is 8.05. The van der Waals surface area contributed by atoms with E-state index in [-0.39, 0.29) is 43.5 Å². The number of alkyl halides is 3. The second-order valence-corrected chi connectivity index (χ2v) is 6.02. The topological polar surface area (TPSA) is 88.2 Å². The molecule has 0 unspecified atom stereocenters. The molecule has 0 saturated carbocycles. The van der Waals surface area contributed by atoms with Gasteiger partial charge in [0.1, 0.15) is 12.7 Å². The number of nitrogens with one attached hydrogen (secondary N) is 1. The van der Waals surface area contributed by atoms with Gasteiger partial charge in [0.05, 0.1) is 30.9 Å². The van der Waals surface area contributed by atoms with E-state index in [1.54, 1.807) is 0 Å². The molecule has 2 aliphatic heterocycles. The molecule has 146 valence electrons. The van der Waals surface area contributed by atoms with Crippen LogP contribution < -0.4 is 15.1 Å². The fraction of sp³-hybridized carbons (Fsp3) is 0.438. The molecule has 0 aliphatic carbocycles. The van der Waals surface area contributed by atoms with Crippen molar-refractivity contribution in [3.05, 3.63) is 23.8 Å². The SMILES string of the molecule is CC(=O)NC[C@H]1CN(c2ccc(N3CCOC3=O)c(C(F)(F)F)c2)C(=O)O1. The zero-order valence-electron chi connectivity index (χ0n) is 14.2. The third-order valence-corrected chi connectivity index (χ3v) is 4.10. The summed E-state index contributed by atoms with van der Waals surface area (Å²) in [5.74, 6) is -0.314. The maximum absolute atomic E-state index is 13.5. The Morgan fingerprint density at radius 2 is 2.00 bits per heavy atom. The number of rotatable bonds is 4. The number of anilines is 2. The molecule has 3 rings (SSSR count). The molecule has 0 bridgehead atoms. The number of hydrogen-bond donors (Lipinski definition) is 1. The van der Waals surface area contributed by atoms with Crippen molar-refractivity contribution in [3.63, 3.8) is 0 Å². The summed E-state index contributed by atoms with van der Waals surface area (Å²) in [6.45, 7) is 1.35. The smallest absolute Gasteiger partial charge is 0.418 e. The number of nitrogens with zero attached hydrogens (tertiary/aromatic N) is 2. The average Bonchev–Trinajstić information content (AvgIpc) is 3.17. The molecule has 2 saturated heterocycles. The average molecular weight is 387 g/mol. The van der Waals surface area contributed by atoms with Crippen molar-refractivity contribution in [3.8, 4) is 0 Å². The van der Waals surface area contributed by atoms with Gasteiger partial charge in [0.15, 0.2) is 0 Å². The van der Waals surface area contributed by atoms with Crippen LogP contribution in [0.3, 0.4) is 0 Å². The van der Waals surface area contributed by atoms with E-state index in [1.165, 1.54) is 13.0 Å². The molecule has 11 heteroatoms. The first-order valence-electron chi connectivity index (χ1n) is 8.05. The van der Waals surface area contributed by atoms with Crippen molar-refractivity contribution in [2.24, 2.45) is 0 Å². The van der Waals surface area contributed by atoms with Crippen LogP contribution in [0.15, 0.2) is 18.2 Å². The number of carbonyl (C=O) groups is 3. The van der Waals surface area contributed by atoms with Crippen LogP contribution in [-0.4, -0.2) is 50.4 Å². The molecule has 0 radical (unpaired) electrons. The second kappa shape index (κ2) is 6.97. The van der Waals surface area contributed by atoms with Gasteiger partial charge in [-0.25, -0.2) is 9.59 Å². The van der Waals surface area contributed by atoms with E-state index in [0.717, 1.165) is 21.9 Å². The van der Waals surface area contributed by atoms with E-state index in [1.807, 2.05) is 0 Å². The highest BCUT2D eigenvalue weighted by Crippen LogP contribution is 2.40. The van der Waals surface area contributed by atoms with E-state index in [9.17, 15) is 27.6 Å². The van der Waals surface area contributed by atoms with Gasteiger partial charge in [0.2, 0.25) is 5.91 Å². The van der Waals surface area contributed by atoms with Crippen LogP contribution >= 0.6 is 0 Å². The molecule has 2 fully saturated rings. The number of halogens is 3. The molecule has 0 aromatic heterocycles. The molecule has 8 nitrogen and oxygen atoms in total. The summed E-state index contributed by atoms with van der Waals surface area (Å²) >= 11 is 0. The van der Waals surface area contributed by atoms with Gasteiger partial charge in [-0.15, -0.1) is 0 Å². The fourth-order valence-electron chi connectivity index (χ4n) is 2.86. The second-order valence-electron chi connectivity index (χ2n) is 6.02. The zero-order valence-corrected chi connectivity index (χ0v) is 14.2. The quantitative estimate of drug-likeness (QED) is 0.855. The molecular weight excluding hydrogens is 371 g/mol. The normalized spacial score (nSPS) is 19.9. The largest absolute Gasteiger partial charge is 0.447 e. The Bertz CT molecular complexity index is 783. The minimum absolute atomic E-state index is 0.00115. The van der Waals surface area contributed by atoms with Gasteiger partial charge in [-0.2, -0.15) is 13.2 Å². The Morgan fingerprint density at radius 3 is 2.59 bits per heavy atom. The van der Waals surface area contributed by atoms with Crippen molar-refractivity contribution in [2.75, 3.05) is 36.0 Å². The van der Waals surface area contributed by atoms with E-state index < -0.39 is 30.0 Å². The number of ether oxygens (including phenoxy) is 2. The summed E-state index contributed by atoms with van der Waals surface area (Å²) in [6, 6.07) is 3.22. The number of cyclic esters (lactones) is 2. The third-order valence-electron chi connectivity index (χ3n) is 4.10. The highest BCUT2D eigenvalue weighted by molar-refractivity contribution is 5.93. The molecule has 3 amide bonds. The molecule has 1 aromatic rings. The molecule has 1 N–H and O–H groups in total. The minimum Gasteiger partial charge on any atom is -0.447 e. The maximum atomic E-state index is 13.5.